The van der Waals surface area contributed by atoms with E-state index in [0.29, 0.717) is 24.7 Å². The normalized spacial score (nSPS) is 11.0. The van der Waals surface area contributed by atoms with Crippen molar-refractivity contribution in [1.29, 1.82) is 0 Å². The molecule has 138 valence electrons. The first-order valence-electron chi connectivity index (χ1n) is 7.95. The zero-order valence-electron chi connectivity index (χ0n) is 14.6. The molecule has 0 atom stereocenters. The SMILES string of the molecule is CCOc1cc(Cl)ccc1CNC(=NC)NCc1ncc(CC)s1.I. The summed E-state index contributed by atoms with van der Waals surface area (Å²) in [6.45, 7) is 5.95. The standard InChI is InChI=1S/C17H23ClN4OS.HI/c1-4-14-10-20-16(24-14)11-22-17(19-3)21-9-12-6-7-13(18)8-15(12)23-5-2;/h6-8,10H,4-5,9,11H2,1-3H3,(H2,19,21,22);1H. The topological polar surface area (TPSA) is 58.5 Å². The molecule has 25 heavy (non-hydrogen) atoms. The first-order valence-corrected chi connectivity index (χ1v) is 9.15. The van der Waals surface area contributed by atoms with Gasteiger partial charge >= 0.3 is 0 Å². The van der Waals surface area contributed by atoms with Crippen LogP contribution in [0.25, 0.3) is 0 Å². The Balaban J connectivity index is 0.00000312. The van der Waals surface area contributed by atoms with Crippen molar-refractivity contribution in [3.63, 3.8) is 0 Å². The van der Waals surface area contributed by atoms with Crippen LogP contribution in [0.4, 0.5) is 0 Å². The Morgan fingerprint density at radius 1 is 1.28 bits per heavy atom. The molecule has 0 saturated heterocycles. The largest absolute Gasteiger partial charge is 0.493 e. The third kappa shape index (κ3) is 6.99. The van der Waals surface area contributed by atoms with Gasteiger partial charge in [-0.3, -0.25) is 4.99 Å². The predicted octanol–water partition coefficient (Wildman–Crippen LogP) is 4.24. The molecule has 1 aromatic heterocycles. The van der Waals surface area contributed by atoms with Crippen molar-refractivity contribution in [3.05, 3.63) is 44.9 Å². The van der Waals surface area contributed by atoms with Gasteiger partial charge in [-0.25, -0.2) is 4.98 Å². The fourth-order valence-corrected chi connectivity index (χ4v) is 3.08. The van der Waals surface area contributed by atoms with E-state index in [4.69, 9.17) is 16.3 Å². The highest BCUT2D eigenvalue weighted by Gasteiger charge is 2.07. The second kappa shape index (κ2) is 11.5. The third-order valence-electron chi connectivity index (χ3n) is 3.36. The van der Waals surface area contributed by atoms with Gasteiger partial charge in [-0.1, -0.05) is 24.6 Å². The Kier molecular flexibility index (Phi) is 10.1. The number of nitrogens with one attached hydrogen (secondary N) is 2. The summed E-state index contributed by atoms with van der Waals surface area (Å²) in [5, 5.41) is 8.28. The number of rotatable bonds is 7. The molecule has 2 N–H and O–H groups in total. The summed E-state index contributed by atoms with van der Waals surface area (Å²) in [4.78, 5) is 9.93. The lowest BCUT2D eigenvalue weighted by Crippen LogP contribution is -2.36. The molecule has 2 aromatic rings. The number of aromatic nitrogens is 1. The van der Waals surface area contributed by atoms with Crippen molar-refractivity contribution in [1.82, 2.24) is 15.6 Å². The number of aliphatic imine (C=N–C) groups is 1. The van der Waals surface area contributed by atoms with Gasteiger partial charge in [0.15, 0.2) is 5.96 Å². The minimum Gasteiger partial charge on any atom is -0.493 e. The summed E-state index contributed by atoms with van der Waals surface area (Å²) >= 11 is 7.75. The van der Waals surface area contributed by atoms with Crippen molar-refractivity contribution in [2.75, 3.05) is 13.7 Å². The van der Waals surface area contributed by atoms with Crippen LogP contribution >= 0.6 is 46.9 Å². The average molecular weight is 495 g/mol. The number of ether oxygens (including phenoxy) is 1. The van der Waals surface area contributed by atoms with Gasteiger partial charge in [-0.15, -0.1) is 35.3 Å². The fraction of sp³-hybridized carbons (Fsp3) is 0.412. The lowest BCUT2D eigenvalue weighted by Gasteiger charge is -2.14. The molecule has 0 aliphatic rings. The molecule has 5 nitrogen and oxygen atoms in total. The van der Waals surface area contributed by atoms with E-state index in [9.17, 15) is 0 Å². The Bertz CT molecular complexity index is 693. The second-order valence-corrected chi connectivity index (χ2v) is 6.67. The van der Waals surface area contributed by atoms with Gasteiger partial charge in [0.2, 0.25) is 0 Å². The van der Waals surface area contributed by atoms with E-state index in [1.54, 1.807) is 18.4 Å². The number of aryl methyl sites for hydroxylation is 1. The van der Waals surface area contributed by atoms with Crippen LogP contribution in [0, 0.1) is 0 Å². The third-order valence-corrected chi connectivity index (χ3v) is 4.73. The van der Waals surface area contributed by atoms with Gasteiger partial charge in [-0.05, 0) is 25.5 Å². The number of hydrogen-bond acceptors (Lipinski definition) is 4. The summed E-state index contributed by atoms with van der Waals surface area (Å²) in [6.07, 6.45) is 2.95. The van der Waals surface area contributed by atoms with Crippen molar-refractivity contribution in [2.45, 2.75) is 33.4 Å². The van der Waals surface area contributed by atoms with Gasteiger partial charge in [0.25, 0.3) is 0 Å². The van der Waals surface area contributed by atoms with Crippen LogP contribution in [0.3, 0.4) is 0 Å². The minimum absolute atomic E-state index is 0. The molecule has 1 heterocycles. The number of hydrogen-bond donors (Lipinski definition) is 2. The van der Waals surface area contributed by atoms with E-state index in [0.717, 1.165) is 28.7 Å². The van der Waals surface area contributed by atoms with Gasteiger partial charge in [0, 0.05) is 35.3 Å². The van der Waals surface area contributed by atoms with E-state index < -0.39 is 0 Å². The molecule has 0 spiro atoms. The van der Waals surface area contributed by atoms with Gasteiger partial charge in [-0.2, -0.15) is 0 Å². The summed E-state index contributed by atoms with van der Waals surface area (Å²) in [5.41, 5.74) is 1.03. The second-order valence-electron chi connectivity index (χ2n) is 5.04. The van der Waals surface area contributed by atoms with Crippen molar-refractivity contribution in [3.8, 4) is 5.75 Å². The van der Waals surface area contributed by atoms with Crippen molar-refractivity contribution < 1.29 is 4.74 Å². The summed E-state index contributed by atoms with van der Waals surface area (Å²) < 4.78 is 5.64. The Labute approximate surface area is 175 Å². The fourth-order valence-electron chi connectivity index (χ4n) is 2.12. The van der Waals surface area contributed by atoms with Crippen LogP contribution < -0.4 is 15.4 Å². The maximum Gasteiger partial charge on any atom is 0.191 e. The number of thiazole rings is 1. The zero-order chi connectivity index (χ0) is 17.4. The predicted molar refractivity (Wildman–Crippen MR) is 117 cm³/mol. The van der Waals surface area contributed by atoms with Gasteiger partial charge in [0.1, 0.15) is 10.8 Å². The smallest absolute Gasteiger partial charge is 0.191 e. The van der Waals surface area contributed by atoms with Crippen LogP contribution in [0.2, 0.25) is 5.02 Å². The van der Waals surface area contributed by atoms with Crippen LogP contribution in [0.5, 0.6) is 5.75 Å². The Morgan fingerprint density at radius 3 is 2.68 bits per heavy atom. The van der Waals surface area contributed by atoms with Crippen LogP contribution in [-0.2, 0) is 19.5 Å². The molecule has 8 heteroatoms. The van der Waals surface area contributed by atoms with Gasteiger partial charge < -0.3 is 15.4 Å². The number of nitrogens with zero attached hydrogens (tertiary/aromatic N) is 2. The van der Waals surface area contributed by atoms with E-state index in [1.165, 1.54) is 4.88 Å². The molecular formula is C17H24ClIN4OS. The van der Waals surface area contributed by atoms with Crippen molar-refractivity contribution >= 4 is 52.9 Å². The van der Waals surface area contributed by atoms with E-state index in [2.05, 4.69) is 27.5 Å². The maximum absolute atomic E-state index is 6.03. The molecule has 0 bridgehead atoms. The number of guanidine groups is 1. The summed E-state index contributed by atoms with van der Waals surface area (Å²) in [6, 6.07) is 5.65. The molecule has 2 rings (SSSR count). The minimum atomic E-state index is 0. The quantitative estimate of drug-likeness (QED) is 0.343. The first-order chi connectivity index (χ1) is 11.7. The lowest BCUT2D eigenvalue weighted by molar-refractivity contribution is 0.336. The highest BCUT2D eigenvalue weighted by molar-refractivity contribution is 14.0. The number of benzene rings is 1. The molecule has 0 radical (unpaired) electrons. The van der Waals surface area contributed by atoms with Crippen LogP contribution in [0.1, 0.15) is 29.3 Å². The highest BCUT2D eigenvalue weighted by atomic mass is 127. The Morgan fingerprint density at radius 2 is 2.04 bits per heavy atom. The first kappa shape index (κ1) is 22.0. The highest BCUT2D eigenvalue weighted by Crippen LogP contribution is 2.23. The number of halogens is 2. The molecular weight excluding hydrogens is 471 g/mol. The van der Waals surface area contributed by atoms with E-state index in [1.807, 2.05) is 31.3 Å². The summed E-state index contributed by atoms with van der Waals surface area (Å²) in [7, 11) is 1.75. The van der Waals surface area contributed by atoms with E-state index >= 15 is 0 Å². The average Bonchev–Trinajstić information content (AvgIpc) is 3.05. The molecule has 0 amide bonds. The zero-order valence-corrected chi connectivity index (χ0v) is 18.5. The maximum atomic E-state index is 6.03. The molecule has 1 aromatic carbocycles. The van der Waals surface area contributed by atoms with E-state index in [-0.39, 0.29) is 24.0 Å². The molecule has 0 fully saturated rings. The lowest BCUT2D eigenvalue weighted by atomic mass is 10.2. The van der Waals surface area contributed by atoms with Crippen molar-refractivity contribution in [2.24, 2.45) is 4.99 Å². The van der Waals surface area contributed by atoms with Crippen LogP contribution in [-0.4, -0.2) is 24.6 Å². The summed E-state index contributed by atoms with van der Waals surface area (Å²) in [5.74, 6) is 1.51. The molecule has 0 aliphatic heterocycles. The van der Waals surface area contributed by atoms with Crippen LogP contribution in [0.15, 0.2) is 29.4 Å². The monoisotopic (exact) mass is 494 g/mol. The molecule has 0 aliphatic carbocycles. The molecule has 0 saturated carbocycles. The molecule has 0 unspecified atom stereocenters. The Hall–Kier alpha value is -1.06. The van der Waals surface area contributed by atoms with Gasteiger partial charge in [0.05, 0.1) is 13.2 Å².